The molecule has 3 N–H and O–H groups in total. The first-order valence-electron chi connectivity index (χ1n) is 11.7. The van der Waals surface area contributed by atoms with Crippen molar-refractivity contribution in [3.8, 4) is 0 Å². The maximum atomic E-state index is 13.0. The van der Waals surface area contributed by atoms with Gasteiger partial charge in [-0.3, -0.25) is 14.4 Å². The number of amides is 3. The van der Waals surface area contributed by atoms with Gasteiger partial charge in [-0.15, -0.1) is 11.3 Å². The van der Waals surface area contributed by atoms with Crippen LogP contribution in [0.1, 0.15) is 41.0 Å². The Hall–Kier alpha value is -2.67. The number of rotatable bonds is 9. The molecule has 0 radical (unpaired) electrons. The van der Waals surface area contributed by atoms with Crippen LogP contribution in [0.2, 0.25) is 4.34 Å². The highest BCUT2D eigenvalue weighted by molar-refractivity contribution is 7.92. The number of thiophene rings is 1. The van der Waals surface area contributed by atoms with Crippen molar-refractivity contribution in [1.82, 2.24) is 24.8 Å². The third-order valence-electron chi connectivity index (χ3n) is 6.21. The number of nitrogens with one attached hydrogen (secondary N) is 3. The van der Waals surface area contributed by atoms with Gasteiger partial charge in [0.1, 0.15) is 11.7 Å². The number of halogens is 1. The van der Waals surface area contributed by atoms with Crippen molar-refractivity contribution in [3.05, 3.63) is 50.8 Å². The van der Waals surface area contributed by atoms with Gasteiger partial charge in [-0.05, 0) is 56.0 Å². The van der Waals surface area contributed by atoms with Crippen LogP contribution in [0.25, 0.3) is 6.08 Å². The Morgan fingerprint density at radius 2 is 2.00 bits per heavy atom. The zero-order valence-corrected chi connectivity index (χ0v) is 21.9. The average Bonchev–Trinajstić information content (AvgIpc) is 3.61. The summed E-state index contributed by atoms with van der Waals surface area (Å²) >= 11 is 7.11. The second kappa shape index (κ2) is 11.6. The summed E-state index contributed by atoms with van der Waals surface area (Å²) in [4.78, 5) is 44.9. The molecule has 13 heteroatoms. The fourth-order valence-corrected chi connectivity index (χ4v) is 6.50. The molecule has 0 aliphatic carbocycles. The van der Waals surface area contributed by atoms with E-state index in [9.17, 15) is 22.8 Å². The van der Waals surface area contributed by atoms with E-state index in [1.165, 1.54) is 22.3 Å². The van der Waals surface area contributed by atoms with Crippen molar-refractivity contribution in [1.29, 1.82) is 0 Å². The number of hydrogen-bond donors (Lipinski definition) is 3. The van der Waals surface area contributed by atoms with Crippen LogP contribution < -0.4 is 10.0 Å². The lowest BCUT2D eigenvalue weighted by molar-refractivity contribution is -0.143. The Balaban J connectivity index is 1.31. The first-order chi connectivity index (χ1) is 17.2. The van der Waals surface area contributed by atoms with Gasteiger partial charge < -0.3 is 20.1 Å². The summed E-state index contributed by atoms with van der Waals surface area (Å²) < 4.78 is 28.0. The molecule has 4 rings (SSSR count). The summed E-state index contributed by atoms with van der Waals surface area (Å²) in [6, 6.07) is 5.71. The molecule has 10 nitrogen and oxygen atoms in total. The van der Waals surface area contributed by atoms with Crippen molar-refractivity contribution in [2.24, 2.45) is 0 Å². The van der Waals surface area contributed by atoms with E-state index < -0.39 is 22.0 Å². The van der Waals surface area contributed by atoms with Crippen LogP contribution in [0, 0.1) is 0 Å². The molecular formula is C23H28ClN5O5S2. The number of carbonyl (C=O) groups excluding carboxylic acids is 3. The SMILES string of the molecule is O=C(NC[C@H]1CCCN1C(=O)CN1CCC[C@H](NS(=O)(=O)/C=C/c2ccc(Cl)s2)C1=O)c1ccc[nH]1. The van der Waals surface area contributed by atoms with Gasteiger partial charge in [-0.2, -0.15) is 4.72 Å². The standard InChI is InChI=1S/C23H28ClN5O5S2/c24-20-8-7-17(35-20)9-13-36(33,34)27-19-6-3-11-28(23(19)32)15-21(30)29-12-2-4-16(29)14-26-22(31)18-5-1-10-25-18/h1,5,7-10,13,16,19,25,27H,2-4,6,11-12,14-15H2,(H,26,31)/b13-9+/t16-,19+/m1/s1. The monoisotopic (exact) mass is 553 g/mol. The molecule has 0 aromatic carbocycles. The second-order valence-electron chi connectivity index (χ2n) is 8.74. The van der Waals surface area contributed by atoms with Crippen LogP contribution in [0.5, 0.6) is 0 Å². The minimum Gasteiger partial charge on any atom is -0.357 e. The van der Waals surface area contributed by atoms with Crippen molar-refractivity contribution in [2.45, 2.75) is 37.8 Å². The zero-order valence-electron chi connectivity index (χ0n) is 19.5. The number of sulfonamides is 1. The van der Waals surface area contributed by atoms with Crippen molar-refractivity contribution in [2.75, 3.05) is 26.2 Å². The number of carbonyl (C=O) groups is 3. The van der Waals surface area contributed by atoms with E-state index in [0.29, 0.717) is 47.4 Å². The Bertz CT molecular complexity index is 1230. The number of nitrogens with zero attached hydrogens (tertiary/aromatic N) is 2. The van der Waals surface area contributed by atoms with Gasteiger partial charge in [-0.25, -0.2) is 8.42 Å². The molecule has 2 aromatic rings. The first-order valence-corrected chi connectivity index (χ1v) is 14.4. The average molecular weight is 554 g/mol. The molecule has 0 spiro atoms. The van der Waals surface area contributed by atoms with Crippen LogP contribution in [0.15, 0.2) is 35.9 Å². The molecule has 0 saturated carbocycles. The van der Waals surface area contributed by atoms with E-state index in [1.807, 2.05) is 0 Å². The number of piperidine rings is 1. The highest BCUT2D eigenvalue weighted by Gasteiger charge is 2.35. The minimum absolute atomic E-state index is 0.123. The summed E-state index contributed by atoms with van der Waals surface area (Å²) in [6.07, 6.45) is 5.60. The van der Waals surface area contributed by atoms with E-state index in [2.05, 4.69) is 15.0 Å². The topological polar surface area (TPSA) is 132 Å². The van der Waals surface area contributed by atoms with Gasteiger partial charge in [-0.1, -0.05) is 11.6 Å². The summed E-state index contributed by atoms with van der Waals surface area (Å²) in [6.45, 7) is 1.13. The number of likely N-dealkylation sites (tertiary alicyclic amines) is 2. The molecule has 2 saturated heterocycles. The maximum absolute atomic E-state index is 13.0. The van der Waals surface area contributed by atoms with Gasteiger partial charge >= 0.3 is 0 Å². The van der Waals surface area contributed by atoms with E-state index in [0.717, 1.165) is 18.2 Å². The lowest BCUT2D eigenvalue weighted by Crippen LogP contribution is -2.55. The molecule has 2 aliphatic heterocycles. The summed E-state index contributed by atoms with van der Waals surface area (Å²) in [7, 11) is -3.87. The second-order valence-corrected chi connectivity index (χ2v) is 12.1. The summed E-state index contributed by atoms with van der Waals surface area (Å²) in [5.74, 6) is -0.864. The molecule has 3 amide bonds. The van der Waals surface area contributed by atoms with Crippen LogP contribution in [0.3, 0.4) is 0 Å². The lowest BCUT2D eigenvalue weighted by atomic mass is 10.1. The van der Waals surface area contributed by atoms with Crippen molar-refractivity contribution >= 4 is 56.8 Å². The van der Waals surface area contributed by atoms with Gasteiger partial charge in [0, 0.05) is 42.2 Å². The normalized spacial score (nSPS) is 20.9. The predicted molar refractivity (Wildman–Crippen MR) is 138 cm³/mol. The van der Waals surface area contributed by atoms with Crippen LogP contribution in [-0.4, -0.2) is 79.2 Å². The molecule has 2 aliphatic rings. The van der Waals surface area contributed by atoms with Crippen LogP contribution in [-0.2, 0) is 19.6 Å². The minimum atomic E-state index is -3.87. The van der Waals surface area contributed by atoms with Crippen molar-refractivity contribution < 1.29 is 22.8 Å². The molecule has 0 unspecified atom stereocenters. The third kappa shape index (κ3) is 6.75. The van der Waals surface area contributed by atoms with Crippen LogP contribution in [0.4, 0.5) is 0 Å². The number of H-pyrrole nitrogens is 1. The van der Waals surface area contributed by atoms with E-state index >= 15 is 0 Å². The predicted octanol–water partition coefficient (Wildman–Crippen LogP) is 2.03. The summed E-state index contributed by atoms with van der Waals surface area (Å²) in [5, 5.41) is 3.86. The zero-order chi connectivity index (χ0) is 25.7. The highest BCUT2D eigenvalue weighted by Crippen LogP contribution is 2.23. The first kappa shape index (κ1) is 26.4. The molecule has 36 heavy (non-hydrogen) atoms. The van der Waals surface area contributed by atoms with E-state index in [1.54, 1.807) is 35.4 Å². The van der Waals surface area contributed by atoms with Gasteiger partial charge in [0.05, 0.1) is 10.9 Å². The Kier molecular flexibility index (Phi) is 8.50. The fourth-order valence-electron chi connectivity index (χ4n) is 4.43. The number of aromatic amines is 1. The molecule has 2 atom stereocenters. The van der Waals surface area contributed by atoms with Gasteiger partial charge in [0.15, 0.2) is 0 Å². The Morgan fingerprint density at radius 1 is 1.19 bits per heavy atom. The molecule has 0 bridgehead atoms. The maximum Gasteiger partial charge on any atom is 0.267 e. The van der Waals surface area contributed by atoms with E-state index in [4.69, 9.17) is 11.6 Å². The Labute approximate surface area is 218 Å². The molecule has 194 valence electrons. The number of aromatic nitrogens is 1. The molecule has 2 aromatic heterocycles. The third-order valence-corrected chi connectivity index (χ3v) is 8.51. The molecule has 4 heterocycles. The van der Waals surface area contributed by atoms with Gasteiger partial charge in [0.2, 0.25) is 21.8 Å². The Morgan fingerprint density at radius 3 is 2.72 bits per heavy atom. The lowest BCUT2D eigenvalue weighted by Gasteiger charge is -2.34. The molecular weight excluding hydrogens is 526 g/mol. The fraction of sp³-hybridized carbons (Fsp3) is 0.435. The van der Waals surface area contributed by atoms with Crippen LogP contribution >= 0.6 is 22.9 Å². The molecule has 2 fully saturated rings. The van der Waals surface area contributed by atoms with E-state index in [-0.39, 0.29) is 24.4 Å². The summed E-state index contributed by atoms with van der Waals surface area (Å²) in [5.41, 5.74) is 0.451. The van der Waals surface area contributed by atoms with Gasteiger partial charge in [0.25, 0.3) is 5.91 Å². The number of hydrogen-bond acceptors (Lipinski definition) is 6. The largest absolute Gasteiger partial charge is 0.357 e. The quantitative estimate of drug-likeness (QED) is 0.437. The highest BCUT2D eigenvalue weighted by atomic mass is 35.5. The smallest absolute Gasteiger partial charge is 0.267 e. The van der Waals surface area contributed by atoms with Crippen molar-refractivity contribution in [3.63, 3.8) is 0 Å².